The summed E-state index contributed by atoms with van der Waals surface area (Å²) in [5.74, 6) is -1.56. The Morgan fingerprint density at radius 1 is 1.22 bits per heavy atom. The monoisotopic (exact) mass is 733 g/mol. The molecule has 3 aliphatic rings. The normalized spacial score (nSPS) is 32.3. The molecule has 3 amide bonds. The van der Waals surface area contributed by atoms with E-state index < -0.39 is 71.1 Å². The lowest BCUT2D eigenvalue weighted by molar-refractivity contribution is -0.163. The van der Waals surface area contributed by atoms with Gasteiger partial charge in [-0.2, -0.15) is 0 Å². The first-order chi connectivity index (χ1) is 23.7. The van der Waals surface area contributed by atoms with E-state index in [1.165, 1.54) is 31.1 Å². The maximum atomic E-state index is 14.1. The van der Waals surface area contributed by atoms with Gasteiger partial charge in [-0.25, -0.2) is 9.59 Å². The molecule has 1 aromatic rings. The Kier molecular flexibility index (Phi) is 11.9. The number of allylic oxidation sites excluding steroid dienone is 3. The minimum atomic E-state index is -1.82. The zero-order valence-corrected chi connectivity index (χ0v) is 32.1. The number of carbonyl (C=O) groups excluding carboxylic acids is 4. The molecular weight excluding hydrogens is 682 g/mol. The topological polar surface area (TPSA) is 156 Å². The van der Waals surface area contributed by atoms with Crippen molar-refractivity contribution in [3.63, 3.8) is 0 Å². The van der Waals surface area contributed by atoms with Gasteiger partial charge in [0, 0.05) is 39.0 Å². The lowest BCUT2D eigenvalue weighted by Crippen LogP contribution is -2.63. The number of aliphatic hydroxyl groups is 1. The number of alkyl carbamates (subject to hydrolysis) is 1. The van der Waals surface area contributed by atoms with E-state index in [0.717, 1.165) is 11.1 Å². The Morgan fingerprint density at radius 3 is 2.49 bits per heavy atom. The van der Waals surface area contributed by atoms with E-state index in [1.54, 1.807) is 72.9 Å². The van der Waals surface area contributed by atoms with Gasteiger partial charge in [0.05, 0.1) is 25.3 Å². The largest absolute Gasteiger partial charge is 0.495 e. The summed E-state index contributed by atoms with van der Waals surface area (Å²) in [5, 5.41) is 14.4. The summed E-state index contributed by atoms with van der Waals surface area (Å²) in [7, 11) is 6.03. The molecule has 4 bridgehead atoms. The second-order valence-electron chi connectivity index (χ2n) is 15.1. The second-order valence-corrected chi connectivity index (χ2v) is 15.4. The van der Waals surface area contributed by atoms with Crippen LogP contribution in [-0.2, 0) is 39.8 Å². The van der Waals surface area contributed by atoms with E-state index in [2.05, 4.69) is 5.32 Å². The minimum absolute atomic E-state index is 0.0472. The van der Waals surface area contributed by atoms with Crippen LogP contribution in [-0.4, -0.2) is 104 Å². The van der Waals surface area contributed by atoms with Gasteiger partial charge < -0.3 is 38.6 Å². The van der Waals surface area contributed by atoms with Crippen molar-refractivity contribution < 1.29 is 48.0 Å². The van der Waals surface area contributed by atoms with E-state index in [1.807, 2.05) is 13.0 Å². The lowest BCUT2D eigenvalue weighted by Gasteiger charge is -2.42. The molecule has 2 fully saturated rings. The van der Waals surface area contributed by atoms with Crippen LogP contribution in [0.4, 0.5) is 10.5 Å². The zero-order valence-electron chi connectivity index (χ0n) is 31.4. The van der Waals surface area contributed by atoms with Crippen LogP contribution in [0.5, 0.6) is 5.75 Å². The number of nitrogens with one attached hydrogen (secondary N) is 1. The molecule has 4 rings (SSSR count). The molecular formula is C37H52ClN3O10. The highest BCUT2D eigenvalue weighted by Gasteiger charge is 2.64. The molecule has 282 valence electrons. The van der Waals surface area contributed by atoms with Crippen LogP contribution < -0.4 is 15.0 Å². The number of likely N-dealkylation sites (N-methyl/N-ethyl adjacent to an activating group) is 1. The molecule has 51 heavy (non-hydrogen) atoms. The number of hydrogen-bond donors (Lipinski definition) is 2. The van der Waals surface area contributed by atoms with Gasteiger partial charge in [-0.15, -0.1) is 0 Å². The number of esters is 1. The SMILES string of the molecule is COc1cc2cc(c1Cl)N(C)C(=O)C[C@@H](OC(=O)[C@@H](C)N(C)C(=O)C(C)(C)C)C1(C)O[C@@H]1[C@@H](C)[C@H]1C[C@](O)(NC(=O)O1)[C@@H](OC)/C=C/C=C(\C)C2. The van der Waals surface area contributed by atoms with Crippen molar-refractivity contribution in [3.05, 3.63) is 46.5 Å². The molecule has 1 aromatic carbocycles. The number of fused-ring (bicyclic) bond motifs is 5. The highest BCUT2D eigenvalue weighted by atomic mass is 35.5. The number of hydrogen-bond acceptors (Lipinski definition) is 10. The van der Waals surface area contributed by atoms with Crippen LogP contribution in [0.3, 0.4) is 0 Å². The average Bonchev–Trinajstić information content (AvgIpc) is 3.75. The van der Waals surface area contributed by atoms with Crippen LogP contribution in [0.25, 0.3) is 0 Å². The second kappa shape index (κ2) is 15.1. The number of anilines is 1. The Hall–Kier alpha value is -3.65. The van der Waals surface area contributed by atoms with Crippen LogP contribution >= 0.6 is 11.6 Å². The summed E-state index contributed by atoms with van der Waals surface area (Å²) in [6.07, 6.45) is 0.973. The molecule has 2 N–H and O–H groups in total. The first-order valence-electron chi connectivity index (χ1n) is 17.0. The summed E-state index contributed by atoms with van der Waals surface area (Å²) >= 11 is 6.75. The van der Waals surface area contributed by atoms with Crippen molar-refractivity contribution in [2.45, 2.75) is 110 Å². The first kappa shape index (κ1) is 40.1. The zero-order chi connectivity index (χ0) is 38.2. The fourth-order valence-electron chi connectivity index (χ4n) is 6.71. The fraction of sp³-hybridized carbons (Fsp3) is 0.622. The van der Waals surface area contributed by atoms with Crippen LogP contribution in [0, 0.1) is 11.3 Å². The van der Waals surface area contributed by atoms with Crippen molar-refractivity contribution in [2.75, 3.05) is 33.2 Å². The van der Waals surface area contributed by atoms with Gasteiger partial charge in [0.25, 0.3) is 0 Å². The number of amides is 3. The number of halogens is 1. The van der Waals surface area contributed by atoms with Gasteiger partial charge >= 0.3 is 12.1 Å². The van der Waals surface area contributed by atoms with Crippen LogP contribution in [0.2, 0.25) is 5.02 Å². The number of carbonyl (C=O) groups is 4. The quantitative estimate of drug-likeness (QED) is 0.325. The molecule has 0 aromatic heterocycles. The molecule has 3 heterocycles. The maximum Gasteiger partial charge on any atom is 0.409 e. The molecule has 2 saturated heterocycles. The molecule has 13 nitrogen and oxygen atoms in total. The maximum absolute atomic E-state index is 14.1. The van der Waals surface area contributed by atoms with Gasteiger partial charge in [-0.3, -0.25) is 14.9 Å². The minimum Gasteiger partial charge on any atom is -0.495 e. The van der Waals surface area contributed by atoms with E-state index in [-0.39, 0.29) is 23.8 Å². The van der Waals surface area contributed by atoms with E-state index in [0.29, 0.717) is 17.9 Å². The average molecular weight is 734 g/mol. The summed E-state index contributed by atoms with van der Waals surface area (Å²) in [6, 6.07) is 2.61. The predicted molar refractivity (Wildman–Crippen MR) is 190 cm³/mol. The summed E-state index contributed by atoms with van der Waals surface area (Å²) in [5.41, 5.74) is -1.64. The third kappa shape index (κ3) is 8.54. The van der Waals surface area contributed by atoms with Gasteiger partial charge in [-0.05, 0) is 44.9 Å². The third-order valence-corrected chi connectivity index (χ3v) is 10.5. The molecule has 8 atom stereocenters. The number of nitrogens with zero attached hydrogens (tertiary/aromatic N) is 2. The fourth-order valence-corrected chi connectivity index (χ4v) is 7.02. The number of epoxide rings is 1. The third-order valence-electron chi connectivity index (χ3n) is 10.1. The smallest absolute Gasteiger partial charge is 0.409 e. The highest BCUT2D eigenvalue weighted by molar-refractivity contribution is 6.35. The Balaban J connectivity index is 1.78. The van der Waals surface area contributed by atoms with Crippen molar-refractivity contribution in [3.8, 4) is 5.75 Å². The molecule has 14 heteroatoms. The van der Waals surface area contributed by atoms with E-state index in [4.69, 9.17) is 35.3 Å². The Morgan fingerprint density at radius 2 is 1.88 bits per heavy atom. The van der Waals surface area contributed by atoms with Crippen molar-refractivity contribution in [2.24, 2.45) is 11.3 Å². The number of benzene rings is 1. The van der Waals surface area contributed by atoms with E-state index >= 15 is 0 Å². The summed E-state index contributed by atoms with van der Waals surface area (Å²) in [6.45, 7) is 12.3. The molecule has 1 unspecified atom stereocenters. The van der Waals surface area contributed by atoms with Crippen LogP contribution in [0.1, 0.15) is 66.9 Å². The number of ether oxygens (including phenoxy) is 5. The lowest BCUT2D eigenvalue weighted by atomic mass is 9.83. The van der Waals surface area contributed by atoms with Crippen LogP contribution in [0.15, 0.2) is 35.9 Å². The standard InChI is InChI=1S/C37H52ClN3O10/c1-20-13-12-14-27(48-11)37(46)19-26(49-34(45)39-37)21(2)31-36(7,51-31)28(50-32(43)22(3)40(8)33(44)35(4,5)6)18-29(42)41(9)24-16-23(15-20)17-25(47-10)30(24)38/h12-14,16-17,21-22,26-28,31,46H,15,18-19H2,1-11H3,(H,39,45)/b14-12+,20-13+/t21-,22+,26+,27-,28+,31+,36?,37+/m0/s1. The van der Waals surface area contributed by atoms with Crippen molar-refractivity contribution >= 4 is 41.2 Å². The molecule has 0 spiro atoms. The summed E-state index contributed by atoms with van der Waals surface area (Å²) in [4.78, 5) is 56.3. The molecule has 3 aliphatic heterocycles. The van der Waals surface area contributed by atoms with Gasteiger partial charge in [0.2, 0.25) is 11.8 Å². The Labute approximate surface area is 305 Å². The van der Waals surface area contributed by atoms with Gasteiger partial charge in [-0.1, -0.05) is 63.1 Å². The van der Waals surface area contributed by atoms with Gasteiger partial charge in [0.15, 0.2) is 5.72 Å². The highest BCUT2D eigenvalue weighted by Crippen LogP contribution is 2.49. The molecule has 0 saturated carbocycles. The predicted octanol–water partition coefficient (Wildman–Crippen LogP) is 4.56. The number of methoxy groups -OCH3 is 2. The Bertz CT molecular complexity index is 1590. The molecule has 0 aliphatic carbocycles. The van der Waals surface area contributed by atoms with Crippen molar-refractivity contribution in [1.82, 2.24) is 10.2 Å². The molecule has 0 radical (unpaired) electrons. The first-order valence-corrected chi connectivity index (χ1v) is 17.4. The van der Waals surface area contributed by atoms with E-state index in [9.17, 15) is 24.3 Å². The van der Waals surface area contributed by atoms with Gasteiger partial charge in [0.1, 0.15) is 40.7 Å². The number of rotatable bonds is 5. The van der Waals surface area contributed by atoms with Crippen molar-refractivity contribution in [1.29, 1.82) is 0 Å². The summed E-state index contributed by atoms with van der Waals surface area (Å²) < 4.78 is 29.2.